The Labute approximate surface area is 83.5 Å². The molecule has 0 bridgehead atoms. The van der Waals surface area contributed by atoms with Crippen LogP contribution < -0.4 is 0 Å². The molecule has 0 nitrogen and oxygen atoms in total. The Morgan fingerprint density at radius 1 is 1.17 bits per heavy atom. The third kappa shape index (κ3) is 1.60. The van der Waals surface area contributed by atoms with Crippen molar-refractivity contribution in [2.24, 2.45) is 0 Å². The molecule has 1 aromatic rings. The van der Waals surface area contributed by atoms with Crippen LogP contribution in [0.25, 0.3) is 0 Å². The maximum atomic E-state index is 6.07. The van der Waals surface area contributed by atoms with Gasteiger partial charge in [-0.05, 0) is 43.0 Å². The molecule has 0 saturated carbocycles. The van der Waals surface area contributed by atoms with Gasteiger partial charge in [0, 0.05) is 10.9 Å². The maximum Gasteiger partial charge on any atom is 0.0476 e. The fraction of sp³-hybridized carbons (Fsp3) is 0.400. The third-order valence-electron chi connectivity index (χ3n) is 2.25. The van der Waals surface area contributed by atoms with Crippen molar-refractivity contribution in [2.75, 3.05) is 0 Å². The molecule has 0 fully saturated rings. The minimum Gasteiger partial charge on any atom is -0.122 e. The van der Waals surface area contributed by atoms with Crippen molar-refractivity contribution in [3.63, 3.8) is 0 Å². The first-order valence-electron chi connectivity index (χ1n) is 3.89. The van der Waals surface area contributed by atoms with Crippen LogP contribution in [-0.4, -0.2) is 0 Å². The topological polar surface area (TPSA) is 0 Å². The molecule has 0 unspecified atom stereocenters. The highest BCUT2D eigenvalue weighted by atomic mass is 35.5. The van der Waals surface area contributed by atoms with Gasteiger partial charge in [0.05, 0.1) is 0 Å². The molecule has 0 amide bonds. The third-order valence-corrected chi connectivity index (χ3v) is 3.12. The predicted molar refractivity (Wildman–Crippen MR) is 55.2 cm³/mol. The number of benzene rings is 1. The van der Waals surface area contributed by atoms with Gasteiger partial charge in [0.15, 0.2) is 0 Å². The fourth-order valence-corrected chi connectivity index (χ4v) is 1.75. The zero-order chi connectivity index (χ0) is 9.30. The summed E-state index contributed by atoms with van der Waals surface area (Å²) in [5, 5.41) is 0.862. The summed E-state index contributed by atoms with van der Waals surface area (Å²) in [6.07, 6.45) is 0. The number of hydrogen-bond acceptors (Lipinski definition) is 0. The fourth-order valence-electron chi connectivity index (χ4n) is 1.27. The number of halogens is 2. The first-order chi connectivity index (χ1) is 5.57. The SMILES string of the molecule is Cc1cc(CCl)c(C)c(C)c1Cl. The van der Waals surface area contributed by atoms with E-state index in [0.717, 1.165) is 16.1 Å². The van der Waals surface area contributed by atoms with Gasteiger partial charge in [-0.2, -0.15) is 0 Å². The Bertz CT molecular complexity index is 303. The minimum absolute atomic E-state index is 0.560. The summed E-state index contributed by atoms with van der Waals surface area (Å²) in [6, 6.07) is 2.05. The summed E-state index contributed by atoms with van der Waals surface area (Å²) in [4.78, 5) is 0. The minimum atomic E-state index is 0.560. The summed E-state index contributed by atoms with van der Waals surface area (Å²) in [6.45, 7) is 6.09. The summed E-state index contributed by atoms with van der Waals surface area (Å²) >= 11 is 11.9. The second kappa shape index (κ2) is 3.68. The van der Waals surface area contributed by atoms with Crippen LogP contribution in [0.3, 0.4) is 0 Å². The van der Waals surface area contributed by atoms with Crippen molar-refractivity contribution < 1.29 is 0 Å². The molecular formula is C10H12Cl2. The highest BCUT2D eigenvalue weighted by Gasteiger charge is 2.06. The average molecular weight is 203 g/mol. The van der Waals surface area contributed by atoms with Gasteiger partial charge in [0.25, 0.3) is 0 Å². The Morgan fingerprint density at radius 3 is 2.25 bits per heavy atom. The molecule has 0 heterocycles. The average Bonchev–Trinajstić information content (AvgIpc) is 2.08. The second-order valence-corrected chi connectivity index (χ2v) is 3.70. The lowest BCUT2D eigenvalue weighted by atomic mass is 10.0. The highest BCUT2D eigenvalue weighted by Crippen LogP contribution is 2.26. The van der Waals surface area contributed by atoms with Crippen LogP contribution >= 0.6 is 23.2 Å². The van der Waals surface area contributed by atoms with E-state index in [2.05, 4.69) is 13.0 Å². The van der Waals surface area contributed by atoms with Gasteiger partial charge in [0.2, 0.25) is 0 Å². The van der Waals surface area contributed by atoms with Gasteiger partial charge in [-0.15, -0.1) is 11.6 Å². The molecule has 12 heavy (non-hydrogen) atoms. The normalized spacial score (nSPS) is 10.4. The van der Waals surface area contributed by atoms with E-state index in [4.69, 9.17) is 23.2 Å². The van der Waals surface area contributed by atoms with Crippen molar-refractivity contribution in [2.45, 2.75) is 26.7 Å². The van der Waals surface area contributed by atoms with Crippen molar-refractivity contribution in [1.29, 1.82) is 0 Å². The molecule has 0 aliphatic heterocycles. The molecule has 0 aliphatic rings. The zero-order valence-corrected chi connectivity index (χ0v) is 9.05. The van der Waals surface area contributed by atoms with Gasteiger partial charge in [-0.3, -0.25) is 0 Å². The summed E-state index contributed by atoms with van der Waals surface area (Å²) in [5.41, 5.74) is 4.64. The quantitative estimate of drug-likeness (QED) is 0.605. The van der Waals surface area contributed by atoms with Gasteiger partial charge in [0.1, 0.15) is 0 Å². The van der Waals surface area contributed by atoms with Gasteiger partial charge >= 0.3 is 0 Å². The maximum absolute atomic E-state index is 6.07. The molecule has 66 valence electrons. The lowest BCUT2D eigenvalue weighted by molar-refractivity contribution is 1.21. The van der Waals surface area contributed by atoms with Crippen molar-refractivity contribution >= 4 is 23.2 Å². The number of alkyl halides is 1. The van der Waals surface area contributed by atoms with Crippen LogP contribution in [0, 0.1) is 20.8 Å². The summed E-state index contributed by atoms with van der Waals surface area (Å²) in [5.74, 6) is 0.560. The summed E-state index contributed by atoms with van der Waals surface area (Å²) < 4.78 is 0. The molecule has 1 rings (SSSR count). The van der Waals surface area contributed by atoms with E-state index in [-0.39, 0.29) is 0 Å². The van der Waals surface area contributed by atoms with Gasteiger partial charge in [-0.1, -0.05) is 17.7 Å². The second-order valence-electron chi connectivity index (χ2n) is 3.05. The number of rotatable bonds is 1. The Morgan fingerprint density at radius 2 is 1.75 bits per heavy atom. The molecule has 2 heteroatoms. The van der Waals surface area contributed by atoms with Crippen LogP contribution in [-0.2, 0) is 5.88 Å². The molecule has 0 aliphatic carbocycles. The predicted octanol–water partition coefficient (Wildman–Crippen LogP) is 4.00. The van der Waals surface area contributed by atoms with Gasteiger partial charge in [-0.25, -0.2) is 0 Å². The smallest absolute Gasteiger partial charge is 0.0476 e. The van der Waals surface area contributed by atoms with Crippen LogP contribution in [0.15, 0.2) is 6.07 Å². The lowest BCUT2D eigenvalue weighted by Crippen LogP contribution is -1.92. The van der Waals surface area contributed by atoms with Crippen LogP contribution in [0.2, 0.25) is 5.02 Å². The van der Waals surface area contributed by atoms with E-state index in [1.54, 1.807) is 0 Å². The highest BCUT2D eigenvalue weighted by molar-refractivity contribution is 6.32. The van der Waals surface area contributed by atoms with Crippen LogP contribution in [0.5, 0.6) is 0 Å². The molecule has 0 aromatic heterocycles. The van der Waals surface area contributed by atoms with E-state index < -0.39 is 0 Å². The van der Waals surface area contributed by atoms with E-state index in [1.807, 2.05) is 13.8 Å². The van der Waals surface area contributed by atoms with E-state index in [0.29, 0.717) is 5.88 Å². The van der Waals surface area contributed by atoms with Crippen LogP contribution in [0.1, 0.15) is 22.3 Å². The zero-order valence-electron chi connectivity index (χ0n) is 7.54. The van der Waals surface area contributed by atoms with E-state index in [1.165, 1.54) is 11.1 Å². The molecule has 0 atom stereocenters. The van der Waals surface area contributed by atoms with Gasteiger partial charge < -0.3 is 0 Å². The largest absolute Gasteiger partial charge is 0.122 e. The molecule has 0 radical (unpaired) electrons. The molecule has 0 spiro atoms. The Balaban J connectivity index is 3.39. The number of hydrogen-bond donors (Lipinski definition) is 0. The molecule has 0 N–H and O–H groups in total. The monoisotopic (exact) mass is 202 g/mol. The number of aryl methyl sites for hydroxylation is 1. The summed E-state index contributed by atoms with van der Waals surface area (Å²) in [7, 11) is 0. The first kappa shape index (κ1) is 9.88. The first-order valence-corrected chi connectivity index (χ1v) is 4.80. The Kier molecular flexibility index (Phi) is 3.03. The van der Waals surface area contributed by atoms with Crippen molar-refractivity contribution in [1.82, 2.24) is 0 Å². The standard InChI is InChI=1S/C10H12Cl2/c1-6-4-9(5-11)7(2)8(3)10(6)12/h4H,5H2,1-3H3. The molecular weight excluding hydrogens is 191 g/mol. The van der Waals surface area contributed by atoms with Crippen molar-refractivity contribution in [3.8, 4) is 0 Å². The molecule has 1 aromatic carbocycles. The van der Waals surface area contributed by atoms with Crippen molar-refractivity contribution in [3.05, 3.63) is 33.3 Å². The Hall–Kier alpha value is -0.200. The van der Waals surface area contributed by atoms with E-state index in [9.17, 15) is 0 Å². The van der Waals surface area contributed by atoms with E-state index >= 15 is 0 Å². The van der Waals surface area contributed by atoms with Crippen LogP contribution in [0.4, 0.5) is 0 Å². The lowest BCUT2D eigenvalue weighted by Gasteiger charge is -2.10. The molecule has 0 saturated heterocycles.